The van der Waals surface area contributed by atoms with Gasteiger partial charge >= 0.3 is 5.97 Å². The van der Waals surface area contributed by atoms with Crippen LogP contribution in [0.5, 0.6) is 5.75 Å². The normalized spacial score (nSPS) is 12.2. The molecular formula is C16H22O4. The van der Waals surface area contributed by atoms with Crippen LogP contribution in [0.1, 0.15) is 31.9 Å². The summed E-state index contributed by atoms with van der Waals surface area (Å²) < 4.78 is 16.0. The molecule has 0 aromatic heterocycles. The molecule has 0 heterocycles. The average Bonchev–Trinajstić information content (AvgIpc) is 2.40. The molecule has 0 aliphatic rings. The summed E-state index contributed by atoms with van der Waals surface area (Å²) in [5, 5.41) is 0. The minimum atomic E-state index is -0.422. The fourth-order valence-corrected chi connectivity index (χ4v) is 1.76. The summed E-state index contributed by atoms with van der Waals surface area (Å²) in [6, 6.07) is 5.66. The van der Waals surface area contributed by atoms with Gasteiger partial charge in [-0.3, -0.25) is 4.79 Å². The van der Waals surface area contributed by atoms with Gasteiger partial charge in [-0.25, -0.2) is 0 Å². The second-order valence-electron chi connectivity index (χ2n) is 4.32. The van der Waals surface area contributed by atoms with Gasteiger partial charge in [0.25, 0.3) is 0 Å². The first kappa shape index (κ1) is 16.1. The molecule has 1 atom stereocenters. The summed E-state index contributed by atoms with van der Waals surface area (Å²) in [6.45, 7) is 7.78. The number of carbonyl (C=O) groups is 1. The molecule has 1 unspecified atom stereocenters. The Kier molecular flexibility index (Phi) is 6.64. The van der Waals surface area contributed by atoms with Crippen LogP contribution in [-0.4, -0.2) is 18.9 Å². The van der Waals surface area contributed by atoms with Crippen LogP contribution in [0.3, 0.4) is 0 Å². The molecule has 0 amide bonds. The molecule has 0 bridgehead atoms. The van der Waals surface area contributed by atoms with Crippen LogP contribution in [-0.2, 0) is 20.7 Å². The maximum atomic E-state index is 11.7. The summed E-state index contributed by atoms with van der Waals surface area (Å²) in [6.07, 6.45) is 3.14. The first-order valence-electron chi connectivity index (χ1n) is 6.75. The van der Waals surface area contributed by atoms with Crippen LogP contribution in [0.25, 0.3) is 0 Å². The number of hydrogen-bond acceptors (Lipinski definition) is 4. The summed E-state index contributed by atoms with van der Waals surface area (Å²) in [4.78, 5) is 11.7. The lowest BCUT2D eigenvalue weighted by Gasteiger charge is -2.18. The van der Waals surface area contributed by atoms with Crippen molar-refractivity contribution in [2.75, 3.05) is 6.61 Å². The largest absolute Gasteiger partial charge is 0.466 e. The fraction of sp³-hybridized carbons (Fsp3) is 0.438. The number of hydrogen-bond donors (Lipinski definition) is 0. The molecule has 1 rings (SSSR count). The number of carbonyl (C=O) groups excluding carboxylic acids is 1. The topological polar surface area (TPSA) is 44.8 Å². The van der Waals surface area contributed by atoms with E-state index in [-0.39, 0.29) is 12.4 Å². The molecule has 0 fully saturated rings. The molecule has 0 aliphatic heterocycles. The molecule has 1 aromatic rings. The summed E-state index contributed by atoms with van der Waals surface area (Å²) in [5.41, 5.74) is 1.83. The predicted octanol–water partition coefficient (Wildman–Crippen LogP) is 3.38. The zero-order valence-electron chi connectivity index (χ0n) is 12.5. The van der Waals surface area contributed by atoms with E-state index in [1.807, 2.05) is 32.0 Å². The van der Waals surface area contributed by atoms with Crippen LogP contribution in [0.2, 0.25) is 0 Å². The summed E-state index contributed by atoms with van der Waals surface area (Å²) >= 11 is 0. The fourth-order valence-electron chi connectivity index (χ4n) is 1.76. The molecular weight excluding hydrogens is 256 g/mol. The number of ether oxygens (including phenoxy) is 3. The zero-order chi connectivity index (χ0) is 15.0. The highest BCUT2D eigenvalue weighted by Gasteiger charge is 2.14. The van der Waals surface area contributed by atoms with Gasteiger partial charge in [-0.05, 0) is 32.4 Å². The van der Waals surface area contributed by atoms with Gasteiger partial charge in [0.15, 0.2) is 0 Å². The van der Waals surface area contributed by atoms with Crippen molar-refractivity contribution in [2.45, 2.75) is 40.4 Å². The predicted molar refractivity (Wildman–Crippen MR) is 77.5 cm³/mol. The third-order valence-corrected chi connectivity index (χ3v) is 2.69. The van der Waals surface area contributed by atoms with Gasteiger partial charge in [-0.2, -0.15) is 0 Å². The average molecular weight is 278 g/mol. The van der Waals surface area contributed by atoms with Gasteiger partial charge in [-0.15, -0.1) is 0 Å². The van der Waals surface area contributed by atoms with Gasteiger partial charge in [0.1, 0.15) is 5.75 Å². The highest BCUT2D eigenvalue weighted by molar-refractivity contribution is 5.74. The van der Waals surface area contributed by atoms with E-state index in [9.17, 15) is 4.79 Å². The van der Waals surface area contributed by atoms with Crippen molar-refractivity contribution in [1.82, 2.24) is 0 Å². The number of rotatable bonds is 7. The van der Waals surface area contributed by atoms with E-state index in [1.165, 1.54) is 0 Å². The Labute approximate surface area is 120 Å². The van der Waals surface area contributed by atoms with E-state index in [0.29, 0.717) is 12.4 Å². The lowest BCUT2D eigenvalue weighted by atomic mass is 10.0. The third-order valence-electron chi connectivity index (χ3n) is 2.69. The molecule has 20 heavy (non-hydrogen) atoms. The van der Waals surface area contributed by atoms with Gasteiger partial charge in [-0.1, -0.05) is 18.2 Å². The molecule has 0 aliphatic carbocycles. The molecule has 4 heteroatoms. The molecule has 1 aromatic carbocycles. The van der Waals surface area contributed by atoms with E-state index in [4.69, 9.17) is 14.2 Å². The van der Waals surface area contributed by atoms with Crippen molar-refractivity contribution >= 4 is 5.97 Å². The zero-order valence-corrected chi connectivity index (χ0v) is 12.5. The van der Waals surface area contributed by atoms with E-state index < -0.39 is 6.29 Å². The van der Waals surface area contributed by atoms with Crippen molar-refractivity contribution in [2.24, 2.45) is 0 Å². The third kappa shape index (κ3) is 4.96. The number of allylic oxidation sites excluding steroid dienone is 1. The van der Waals surface area contributed by atoms with Gasteiger partial charge in [0.05, 0.1) is 19.3 Å². The maximum Gasteiger partial charge on any atom is 0.310 e. The second-order valence-corrected chi connectivity index (χ2v) is 4.32. The van der Waals surface area contributed by atoms with Crippen LogP contribution >= 0.6 is 0 Å². The van der Waals surface area contributed by atoms with Crippen molar-refractivity contribution < 1.29 is 19.0 Å². The van der Waals surface area contributed by atoms with Crippen LogP contribution in [0.15, 0.2) is 30.5 Å². The molecule has 0 N–H and O–H groups in total. The second kappa shape index (κ2) is 8.25. The number of benzene rings is 1. The Morgan fingerprint density at radius 1 is 1.40 bits per heavy atom. The number of aryl methyl sites for hydroxylation is 1. The summed E-state index contributed by atoms with van der Waals surface area (Å²) in [5.74, 6) is 0.392. The van der Waals surface area contributed by atoms with E-state index in [0.717, 1.165) is 11.1 Å². The standard InChI is InChI=1S/C16H22O4/c1-5-10-19-13(4)20-15-9-7-8-12(3)14(15)11-16(17)18-6-2/h5,7-10,13H,6,11H2,1-4H3/b10-5-. The summed E-state index contributed by atoms with van der Waals surface area (Å²) in [7, 11) is 0. The first-order valence-corrected chi connectivity index (χ1v) is 6.75. The Hall–Kier alpha value is -1.97. The van der Waals surface area contributed by atoms with Crippen LogP contribution in [0.4, 0.5) is 0 Å². The van der Waals surface area contributed by atoms with Crippen molar-refractivity contribution in [3.05, 3.63) is 41.7 Å². The molecule has 110 valence electrons. The minimum absolute atomic E-state index is 0.201. The van der Waals surface area contributed by atoms with Crippen LogP contribution in [0, 0.1) is 6.92 Å². The molecule has 4 nitrogen and oxygen atoms in total. The highest BCUT2D eigenvalue weighted by atomic mass is 16.7. The lowest BCUT2D eigenvalue weighted by molar-refractivity contribution is -0.142. The first-order chi connectivity index (χ1) is 9.58. The number of esters is 1. The van der Waals surface area contributed by atoms with Crippen molar-refractivity contribution in [3.8, 4) is 5.75 Å². The Bertz CT molecular complexity index is 466. The molecule has 0 radical (unpaired) electrons. The van der Waals surface area contributed by atoms with E-state index in [2.05, 4.69) is 0 Å². The maximum absolute atomic E-state index is 11.7. The van der Waals surface area contributed by atoms with E-state index >= 15 is 0 Å². The van der Waals surface area contributed by atoms with Gasteiger partial charge in [0.2, 0.25) is 6.29 Å². The lowest BCUT2D eigenvalue weighted by Crippen LogP contribution is -2.16. The Balaban J connectivity index is 2.84. The quantitative estimate of drug-likeness (QED) is 0.436. The minimum Gasteiger partial charge on any atom is -0.466 e. The Morgan fingerprint density at radius 2 is 2.15 bits per heavy atom. The highest BCUT2D eigenvalue weighted by Crippen LogP contribution is 2.24. The van der Waals surface area contributed by atoms with Crippen molar-refractivity contribution in [1.29, 1.82) is 0 Å². The molecule has 0 saturated heterocycles. The van der Waals surface area contributed by atoms with E-state index in [1.54, 1.807) is 26.2 Å². The van der Waals surface area contributed by atoms with Gasteiger partial charge < -0.3 is 14.2 Å². The molecule has 0 saturated carbocycles. The molecule has 0 spiro atoms. The SMILES string of the molecule is C/C=C\OC(C)Oc1cccc(C)c1CC(=O)OCC. The Morgan fingerprint density at radius 3 is 2.80 bits per heavy atom. The smallest absolute Gasteiger partial charge is 0.310 e. The monoisotopic (exact) mass is 278 g/mol. The van der Waals surface area contributed by atoms with Crippen molar-refractivity contribution in [3.63, 3.8) is 0 Å². The van der Waals surface area contributed by atoms with Gasteiger partial charge in [0, 0.05) is 12.5 Å². The van der Waals surface area contributed by atoms with Crippen LogP contribution < -0.4 is 4.74 Å².